The first-order valence-corrected chi connectivity index (χ1v) is 7.75. The summed E-state index contributed by atoms with van der Waals surface area (Å²) >= 11 is 1.54. The topological polar surface area (TPSA) is 52.0 Å². The molecule has 2 N–H and O–H groups in total. The molecule has 1 aromatic heterocycles. The van der Waals surface area contributed by atoms with Crippen LogP contribution in [0.1, 0.15) is 25.7 Å². The van der Waals surface area contributed by atoms with E-state index in [0.29, 0.717) is 17.7 Å². The number of unbranched alkanes of at least 4 members (excludes halogenated alkanes) is 1. The average Bonchev–Trinajstić information content (AvgIpc) is 2.88. The first-order chi connectivity index (χ1) is 9.76. The molecule has 0 aliphatic rings. The fraction of sp³-hybridized carbons (Fsp3) is 0.400. The van der Waals surface area contributed by atoms with E-state index in [0.717, 1.165) is 41.1 Å². The summed E-state index contributed by atoms with van der Waals surface area (Å²) in [4.78, 5) is 5.48. The van der Waals surface area contributed by atoms with Gasteiger partial charge in [0.05, 0.1) is 6.33 Å². The van der Waals surface area contributed by atoms with Crippen molar-refractivity contribution in [2.24, 2.45) is 5.73 Å². The van der Waals surface area contributed by atoms with E-state index in [9.17, 15) is 4.39 Å². The molecule has 2 rings (SSSR count). The number of nitrogens with two attached hydrogens (primary N) is 1. The second-order valence-electron chi connectivity index (χ2n) is 4.60. The first-order valence-electron chi connectivity index (χ1n) is 6.77. The maximum atomic E-state index is 12.5. The number of aryl methyl sites for hydroxylation is 1. The van der Waals surface area contributed by atoms with E-state index in [1.807, 2.05) is 18.2 Å². The van der Waals surface area contributed by atoms with Crippen molar-refractivity contribution in [3.05, 3.63) is 36.0 Å². The lowest BCUT2D eigenvalue weighted by Gasteiger charge is -2.02. The van der Waals surface area contributed by atoms with Gasteiger partial charge in [-0.15, -0.1) is 11.8 Å². The molecule has 108 valence electrons. The van der Waals surface area contributed by atoms with Gasteiger partial charge in [0.15, 0.2) is 11.5 Å². The lowest BCUT2D eigenvalue weighted by atomic mass is 10.2. The van der Waals surface area contributed by atoms with E-state index in [-0.39, 0.29) is 6.54 Å². The van der Waals surface area contributed by atoms with E-state index in [2.05, 4.69) is 11.9 Å². The summed E-state index contributed by atoms with van der Waals surface area (Å²) in [5, 5.41) is 0. The summed E-state index contributed by atoms with van der Waals surface area (Å²) in [6.07, 6.45) is 3.66. The minimum Gasteiger partial charge on any atom is -0.441 e. The highest BCUT2D eigenvalue weighted by atomic mass is 32.2. The number of thioether (sulfide) groups is 1. The number of aromatic nitrogens is 1. The molecule has 5 heteroatoms. The van der Waals surface area contributed by atoms with Crippen molar-refractivity contribution >= 4 is 22.9 Å². The normalized spacial score (nSPS) is 12.2. The standard InChI is InChI=1S/C15H19FN2OS/c1-2-3-4-15-18-13-6-5-12(7-14(13)19-15)20-10-11(8-16)9-17/h5-8H,2-4,9-10,17H2,1H3/b11-8+. The van der Waals surface area contributed by atoms with E-state index in [1.54, 1.807) is 11.8 Å². The van der Waals surface area contributed by atoms with Crippen molar-refractivity contribution in [3.8, 4) is 0 Å². The van der Waals surface area contributed by atoms with E-state index >= 15 is 0 Å². The van der Waals surface area contributed by atoms with Gasteiger partial charge in [-0.3, -0.25) is 0 Å². The second kappa shape index (κ2) is 7.45. The number of fused-ring (bicyclic) bond motifs is 1. The Morgan fingerprint density at radius 1 is 1.50 bits per heavy atom. The van der Waals surface area contributed by atoms with Crippen LogP contribution in [0.5, 0.6) is 0 Å². The summed E-state index contributed by atoms with van der Waals surface area (Å²) in [5.74, 6) is 1.34. The smallest absolute Gasteiger partial charge is 0.195 e. The highest BCUT2D eigenvalue weighted by Crippen LogP contribution is 2.26. The van der Waals surface area contributed by atoms with Crippen molar-refractivity contribution in [3.63, 3.8) is 0 Å². The van der Waals surface area contributed by atoms with Crippen LogP contribution in [-0.2, 0) is 6.42 Å². The van der Waals surface area contributed by atoms with Crippen molar-refractivity contribution in [1.29, 1.82) is 0 Å². The second-order valence-corrected chi connectivity index (χ2v) is 5.65. The number of hydrogen-bond acceptors (Lipinski definition) is 4. The van der Waals surface area contributed by atoms with Crippen LogP contribution in [0.4, 0.5) is 4.39 Å². The molecule has 1 heterocycles. The minimum atomic E-state index is 0.245. The fourth-order valence-corrected chi connectivity index (χ4v) is 2.68. The van der Waals surface area contributed by atoms with Gasteiger partial charge in [0.25, 0.3) is 0 Å². The summed E-state index contributed by atoms with van der Waals surface area (Å²) in [5.41, 5.74) is 7.70. The molecule has 3 nitrogen and oxygen atoms in total. The van der Waals surface area contributed by atoms with Crippen LogP contribution in [0.25, 0.3) is 11.1 Å². The van der Waals surface area contributed by atoms with Gasteiger partial charge in [-0.05, 0) is 30.2 Å². The zero-order valence-corrected chi connectivity index (χ0v) is 12.4. The largest absolute Gasteiger partial charge is 0.441 e. The van der Waals surface area contributed by atoms with E-state index in [1.165, 1.54) is 0 Å². The zero-order chi connectivity index (χ0) is 14.4. The van der Waals surface area contributed by atoms with Gasteiger partial charge in [-0.25, -0.2) is 9.37 Å². The molecule has 1 aromatic carbocycles. The Morgan fingerprint density at radius 2 is 2.35 bits per heavy atom. The van der Waals surface area contributed by atoms with E-state index in [4.69, 9.17) is 10.2 Å². The van der Waals surface area contributed by atoms with Gasteiger partial charge in [0.2, 0.25) is 0 Å². The van der Waals surface area contributed by atoms with Gasteiger partial charge in [0.1, 0.15) is 5.52 Å². The molecule has 0 amide bonds. The van der Waals surface area contributed by atoms with Crippen LogP contribution < -0.4 is 5.73 Å². The SMILES string of the molecule is CCCCc1nc2ccc(SC/C(=C/F)CN)cc2o1. The van der Waals surface area contributed by atoms with Crippen molar-refractivity contribution in [2.75, 3.05) is 12.3 Å². The Kier molecular flexibility index (Phi) is 5.61. The Labute approximate surface area is 122 Å². The molecule has 0 saturated carbocycles. The van der Waals surface area contributed by atoms with Gasteiger partial charge < -0.3 is 10.2 Å². The number of oxazole rings is 1. The predicted molar refractivity (Wildman–Crippen MR) is 81.6 cm³/mol. The lowest BCUT2D eigenvalue weighted by Crippen LogP contribution is -2.04. The van der Waals surface area contributed by atoms with Crippen LogP contribution in [-0.4, -0.2) is 17.3 Å². The van der Waals surface area contributed by atoms with Crippen LogP contribution in [0.3, 0.4) is 0 Å². The molecular weight excluding hydrogens is 275 g/mol. The quantitative estimate of drug-likeness (QED) is 0.782. The van der Waals surface area contributed by atoms with Crippen molar-refractivity contribution in [2.45, 2.75) is 31.1 Å². The molecule has 0 atom stereocenters. The van der Waals surface area contributed by atoms with Gasteiger partial charge in [0, 0.05) is 23.6 Å². The van der Waals surface area contributed by atoms with E-state index < -0.39 is 0 Å². The average molecular weight is 294 g/mol. The van der Waals surface area contributed by atoms with Gasteiger partial charge in [-0.1, -0.05) is 13.3 Å². The summed E-state index contributed by atoms with van der Waals surface area (Å²) in [6, 6.07) is 5.87. The fourth-order valence-electron chi connectivity index (χ4n) is 1.79. The summed E-state index contributed by atoms with van der Waals surface area (Å²) in [6.45, 7) is 2.39. The molecule has 0 bridgehead atoms. The number of rotatable bonds is 7. The Balaban J connectivity index is 2.08. The Morgan fingerprint density at radius 3 is 3.05 bits per heavy atom. The van der Waals surface area contributed by atoms with Gasteiger partial charge >= 0.3 is 0 Å². The Bertz CT molecular complexity index is 595. The van der Waals surface area contributed by atoms with Crippen LogP contribution >= 0.6 is 11.8 Å². The third kappa shape index (κ3) is 3.84. The molecule has 20 heavy (non-hydrogen) atoms. The molecular formula is C15H19FN2OS. The molecule has 0 radical (unpaired) electrons. The summed E-state index contributed by atoms with van der Waals surface area (Å²) in [7, 11) is 0. The number of benzene rings is 1. The third-order valence-corrected chi connectivity index (χ3v) is 4.09. The molecule has 0 spiro atoms. The molecule has 0 aliphatic heterocycles. The van der Waals surface area contributed by atoms with Crippen molar-refractivity contribution in [1.82, 2.24) is 4.98 Å². The highest BCUT2D eigenvalue weighted by molar-refractivity contribution is 7.99. The maximum Gasteiger partial charge on any atom is 0.195 e. The summed E-state index contributed by atoms with van der Waals surface area (Å²) < 4.78 is 18.2. The number of nitrogens with zero attached hydrogens (tertiary/aromatic N) is 1. The van der Waals surface area contributed by atoms with Crippen LogP contribution in [0.15, 0.2) is 39.4 Å². The zero-order valence-electron chi connectivity index (χ0n) is 11.6. The first kappa shape index (κ1) is 15.1. The molecule has 0 saturated heterocycles. The van der Waals surface area contributed by atoms with Crippen molar-refractivity contribution < 1.29 is 8.81 Å². The third-order valence-electron chi connectivity index (χ3n) is 2.99. The highest BCUT2D eigenvalue weighted by Gasteiger charge is 2.07. The van der Waals surface area contributed by atoms with Crippen LogP contribution in [0.2, 0.25) is 0 Å². The Hall–Kier alpha value is -1.33. The predicted octanol–water partition coefficient (Wildman–Crippen LogP) is 4.07. The molecule has 2 aromatic rings. The lowest BCUT2D eigenvalue weighted by molar-refractivity contribution is 0.517. The molecule has 0 fully saturated rings. The van der Waals surface area contributed by atoms with Gasteiger partial charge in [-0.2, -0.15) is 0 Å². The molecule has 0 unspecified atom stereocenters. The van der Waals surface area contributed by atoms with Crippen LogP contribution in [0, 0.1) is 0 Å². The number of halogens is 1. The maximum absolute atomic E-state index is 12.5. The molecule has 0 aliphatic carbocycles. The number of hydrogen-bond donors (Lipinski definition) is 1. The monoisotopic (exact) mass is 294 g/mol. The minimum absolute atomic E-state index is 0.245.